The highest BCUT2D eigenvalue weighted by Gasteiger charge is 2.37. The van der Waals surface area contributed by atoms with Crippen molar-refractivity contribution in [3.63, 3.8) is 0 Å². The van der Waals surface area contributed by atoms with Crippen molar-refractivity contribution >= 4 is 28.6 Å². The second-order valence-electron chi connectivity index (χ2n) is 3.54. The van der Waals surface area contributed by atoms with Crippen LogP contribution in [0, 0.1) is 11.3 Å². The molecule has 0 saturated carbocycles. The Bertz CT molecular complexity index is 523. The van der Waals surface area contributed by atoms with E-state index >= 15 is 0 Å². The van der Waals surface area contributed by atoms with Gasteiger partial charge in [-0.25, -0.2) is 0 Å². The highest BCUT2D eigenvalue weighted by Crippen LogP contribution is 2.38. The van der Waals surface area contributed by atoms with Crippen LogP contribution in [0.2, 0.25) is 0 Å². The Balaban J connectivity index is 3.45. The van der Waals surface area contributed by atoms with E-state index in [1.165, 1.54) is 30.2 Å². The molecule has 19 heavy (non-hydrogen) atoms. The van der Waals surface area contributed by atoms with Crippen molar-refractivity contribution < 1.29 is 18.0 Å². The van der Waals surface area contributed by atoms with E-state index in [2.05, 4.69) is 0 Å². The van der Waals surface area contributed by atoms with Gasteiger partial charge in [-0.05, 0) is 36.3 Å². The van der Waals surface area contributed by atoms with Crippen molar-refractivity contribution in [1.82, 2.24) is 0 Å². The Hall–Kier alpha value is -1.13. The molecule has 0 heterocycles. The average molecular weight is 305 g/mol. The highest BCUT2D eigenvalue weighted by molar-refractivity contribution is 8.13. The lowest BCUT2D eigenvalue weighted by Gasteiger charge is -2.16. The van der Waals surface area contributed by atoms with E-state index in [-0.39, 0.29) is 5.56 Å². The Morgan fingerprint density at radius 1 is 1.37 bits per heavy atom. The predicted molar refractivity (Wildman–Crippen MR) is 70.1 cm³/mol. The zero-order valence-electron chi connectivity index (χ0n) is 10.1. The largest absolute Gasteiger partial charge is 0.416 e. The number of halogens is 3. The molecule has 0 amide bonds. The number of thioether (sulfide) groups is 2. The Labute approximate surface area is 117 Å². The van der Waals surface area contributed by atoms with Gasteiger partial charge in [0.2, 0.25) is 5.12 Å². The molecule has 7 heteroatoms. The molecule has 0 aliphatic rings. The molecule has 0 bridgehead atoms. The van der Waals surface area contributed by atoms with Crippen molar-refractivity contribution in [3.05, 3.63) is 29.3 Å². The summed E-state index contributed by atoms with van der Waals surface area (Å²) in [6.07, 6.45) is -1.43. The monoisotopic (exact) mass is 305 g/mol. The topological polar surface area (TPSA) is 40.9 Å². The first-order valence-electron chi connectivity index (χ1n) is 5.07. The minimum Gasteiger partial charge on any atom is -0.285 e. The quantitative estimate of drug-likeness (QED) is 0.794. The van der Waals surface area contributed by atoms with Gasteiger partial charge in [0.25, 0.3) is 0 Å². The lowest BCUT2D eigenvalue weighted by atomic mass is 9.96. The van der Waals surface area contributed by atoms with Gasteiger partial charge in [-0.3, -0.25) is 4.79 Å². The highest BCUT2D eigenvalue weighted by atomic mass is 32.2. The van der Waals surface area contributed by atoms with Crippen LogP contribution in [0.3, 0.4) is 0 Å². The summed E-state index contributed by atoms with van der Waals surface area (Å²) < 4.78 is 38.7. The van der Waals surface area contributed by atoms with Gasteiger partial charge in [-0.2, -0.15) is 18.4 Å². The maximum absolute atomic E-state index is 12.9. The number of hydrogen-bond acceptors (Lipinski definition) is 4. The first-order valence-corrected chi connectivity index (χ1v) is 7.52. The number of carbonyl (C=O) groups excluding carboxylic acids is 1. The maximum atomic E-state index is 12.9. The van der Waals surface area contributed by atoms with Gasteiger partial charge >= 0.3 is 6.18 Å². The normalized spacial score (nSPS) is 12.8. The molecule has 0 fully saturated rings. The third-order valence-corrected chi connectivity index (χ3v) is 3.80. The molecular weight excluding hydrogens is 295 g/mol. The van der Waals surface area contributed by atoms with Crippen LogP contribution < -0.4 is 0 Å². The van der Waals surface area contributed by atoms with Crippen molar-refractivity contribution in [2.24, 2.45) is 0 Å². The van der Waals surface area contributed by atoms with E-state index < -0.39 is 22.8 Å². The summed E-state index contributed by atoms with van der Waals surface area (Å²) in [6.45, 7) is 0. The fourth-order valence-corrected chi connectivity index (χ4v) is 2.40. The van der Waals surface area contributed by atoms with Crippen molar-refractivity contribution in [1.29, 1.82) is 5.26 Å². The van der Waals surface area contributed by atoms with Crippen LogP contribution in [0.1, 0.15) is 17.0 Å². The first-order chi connectivity index (χ1) is 8.85. The zero-order valence-corrected chi connectivity index (χ0v) is 11.7. The third-order valence-electron chi connectivity index (χ3n) is 2.44. The fourth-order valence-electron chi connectivity index (χ4n) is 1.53. The Kier molecular flexibility index (Phi) is 5.32. The molecule has 0 saturated heterocycles. The number of carbonyl (C=O) groups is 1. The molecule has 0 aliphatic heterocycles. The molecule has 1 rings (SSSR count). The zero-order chi connectivity index (χ0) is 14.6. The van der Waals surface area contributed by atoms with E-state index in [1.54, 1.807) is 12.3 Å². The van der Waals surface area contributed by atoms with Crippen molar-refractivity contribution in [3.8, 4) is 6.07 Å². The second kappa shape index (κ2) is 6.35. The fraction of sp³-hybridized carbons (Fsp3) is 0.333. The molecule has 0 aromatic heterocycles. The average Bonchev–Trinajstić information content (AvgIpc) is 2.37. The van der Waals surface area contributed by atoms with Crippen molar-refractivity contribution in [2.75, 3.05) is 12.5 Å². The van der Waals surface area contributed by atoms with Gasteiger partial charge in [-0.15, -0.1) is 11.8 Å². The van der Waals surface area contributed by atoms with Crippen molar-refractivity contribution in [2.45, 2.75) is 17.0 Å². The van der Waals surface area contributed by atoms with E-state index in [9.17, 15) is 18.0 Å². The summed E-state index contributed by atoms with van der Waals surface area (Å²) in [6, 6.07) is 5.16. The van der Waals surface area contributed by atoms with Gasteiger partial charge in [0, 0.05) is 4.90 Å². The molecule has 1 aromatic carbocycles. The molecule has 102 valence electrons. The summed E-state index contributed by atoms with van der Waals surface area (Å²) in [5.41, 5.74) is -1.21. The van der Waals surface area contributed by atoms with Crippen LogP contribution >= 0.6 is 23.5 Å². The molecule has 0 spiro atoms. The summed E-state index contributed by atoms with van der Waals surface area (Å²) in [4.78, 5) is 12.2. The summed E-state index contributed by atoms with van der Waals surface area (Å²) >= 11 is 2.00. The van der Waals surface area contributed by atoms with Crippen LogP contribution in [0.4, 0.5) is 13.2 Å². The minimum atomic E-state index is -4.58. The smallest absolute Gasteiger partial charge is 0.285 e. The van der Waals surface area contributed by atoms with Crippen LogP contribution in [-0.4, -0.2) is 17.6 Å². The van der Waals surface area contributed by atoms with Gasteiger partial charge in [0.1, 0.15) is 5.92 Å². The molecule has 0 N–H and O–H groups in total. The number of alkyl halides is 3. The summed E-state index contributed by atoms with van der Waals surface area (Å²) in [5.74, 6) is -1.40. The molecule has 0 aliphatic carbocycles. The molecule has 0 radical (unpaired) electrons. The first kappa shape index (κ1) is 15.9. The van der Waals surface area contributed by atoms with Crippen LogP contribution in [-0.2, 0) is 11.0 Å². The SMILES string of the molecule is CSC(=O)[C@@H](C#N)c1cc(SC)ccc1C(F)(F)F. The lowest BCUT2D eigenvalue weighted by molar-refractivity contribution is -0.138. The number of benzene rings is 1. The van der Waals surface area contributed by atoms with Gasteiger partial charge in [-0.1, -0.05) is 11.8 Å². The van der Waals surface area contributed by atoms with Gasteiger partial charge in [0.05, 0.1) is 11.6 Å². The van der Waals surface area contributed by atoms with Crippen LogP contribution in [0.15, 0.2) is 23.1 Å². The Morgan fingerprint density at radius 3 is 2.42 bits per heavy atom. The summed E-state index contributed by atoms with van der Waals surface area (Å²) in [7, 11) is 0. The molecular formula is C12H10F3NOS2. The van der Waals surface area contributed by atoms with Crippen LogP contribution in [0.25, 0.3) is 0 Å². The number of nitriles is 1. The minimum absolute atomic E-state index is 0.277. The van der Waals surface area contributed by atoms with Crippen LogP contribution in [0.5, 0.6) is 0 Å². The maximum Gasteiger partial charge on any atom is 0.416 e. The summed E-state index contributed by atoms with van der Waals surface area (Å²) in [5, 5.41) is 8.39. The van der Waals surface area contributed by atoms with E-state index in [0.717, 1.165) is 17.8 Å². The molecule has 1 aromatic rings. The van der Waals surface area contributed by atoms with Gasteiger partial charge < -0.3 is 0 Å². The Morgan fingerprint density at radius 2 is 2.00 bits per heavy atom. The molecule has 2 nitrogen and oxygen atoms in total. The van der Waals surface area contributed by atoms with Gasteiger partial charge in [0.15, 0.2) is 0 Å². The standard InChI is InChI=1S/C12H10F3NOS2/c1-18-7-3-4-10(12(13,14)15)8(5-7)9(6-16)11(17)19-2/h3-5,9H,1-2H3/t9-/m0/s1. The predicted octanol–water partition coefficient (Wildman–Crippen LogP) is 3.92. The van der Waals surface area contributed by atoms with E-state index in [1.807, 2.05) is 0 Å². The number of nitrogens with zero attached hydrogens (tertiary/aromatic N) is 1. The van der Waals surface area contributed by atoms with E-state index in [4.69, 9.17) is 5.26 Å². The third kappa shape index (κ3) is 3.67. The van der Waals surface area contributed by atoms with E-state index in [0.29, 0.717) is 4.90 Å². The number of rotatable bonds is 3. The second-order valence-corrected chi connectivity index (χ2v) is 5.23. The molecule has 1 atom stereocenters. The number of hydrogen-bond donors (Lipinski definition) is 0. The lowest BCUT2D eigenvalue weighted by Crippen LogP contribution is -2.15. The molecule has 0 unspecified atom stereocenters.